The van der Waals surface area contributed by atoms with Crippen LogP contribution in [0.4, 0.5) is 4.39 Å². The van der Waals surface area contributed by atoms with E-state index >= 15 is 0 Å². The second-order valence-electron chi connectivity index (χ2n) is 3.69. The molecule has 0 heterocycles. The quantitative estimate of drug-likeness (QED) is 0.741. The van der Waals surface area contributed by atoms with E-state index in [-0.39, 0.29) is 5.82 Å². The molecule has 0 bridgehead atoms. The molecule has 16 heavy (non-hydrogen) atoms. The Hall–Kier alpha value is -1.83. The van der Waals surface area contributed by atoms with Gasteiger partial charge in [-0.2, -0.15) is 0 Å². The number of ether oxygens (including phenoxy) is 1. The van der Waals surface area contributed by atoms with Crippen LogP contribution in [-0.4, -0.2) is 7.11 Å². The molecule has 0 saturated carbocycles. The summed E-state index contributed by atoms with van der Waals surface area (Å²) in [4.78, 5) is 0. The first-order valence-corrected chi connectivity index (χ1v) is 5.12. The molecule has 0 unspecified atom stereocenters. The first-order valence-electron chi connectivity index (χ1n) is 5.12. The van der Waals surface area contributed by atoms with Crippen molar-refractivity contribution in [2.45, 2.75) is 6.92 Å². The Bertz CT molecular complexity index is 506. The molecule has 82 valence electrons. The van der Waals surface area contributed by atoms with Gasteiger partial charge in [-0.3, -0.25) is 0 Å². The van der Waals surface area contributed by atoms with Gasteiger partial charge in [-0.15, -0.1) is 0 Å². The third-order valence-corrected chi connectivity index (χ3v) is 2.50. The lowest BCUT2D eigenvalue weighted by Gasteiger charge is -2.10. The fraction of sp³-hybridized carbons (Fsp3) is 0.143. The molecule has 0 amide bonds. The van der Waals surface area contributed by atoms with E-state index in [1.54, 1.807) is 19.2 Å². The highest BCUT2D eigenvalue weighted by atomic mass is 19.1. The van der Waals surface area contributed by atoms with E-state index in [4.69, 9.17) is 4.74 Å². The van der Waals surface area contributed by atoms with Gasteiger partial charge in [0.15, 0.2) is 0 Å². The molecule has 0 fully saturated rings. The second-order valence-corrected chi connectivity index (χ2v) is 3.69. The van der Waals surface area contributed by atoms with Gasteiger partial charge >= 0.3 is 0 Å². The Morgan fingerprint density at radius 2 is 1.81 bits per heavy atom. The minimum Gasteiger partial charge on any atom is -0.496 e. The van der Waals surface area contributed by atoms with Crippen LogP contribution in [-0.2, 0) is 0 Å². The molecular formula is C14H13FO. The summed E-state index contributed by atoms with van der Waals surface area (Å²) in [5.74, 6) is 0.301. The summed E-state index contributed by atoms with van der Waals surface area (Å²) >= 11 is 0. The first-order chi connectivity index (χ1) is 7.72. The average molecular weight is 216 g/mol. The normalized spacial score (nSPS) is 10.2. The third kappa shape index (κ3) is 1.91. The van der Waals surface area contributed by atoms with Crippen LogP contribution in [0.15, 0.2) is 42.5 Å². The molecule has 0 aliphatic rings. The number of hydrogen-bond donors (Lipinski definition) is 0. The largest absolute Gasteiger partial charge is 0.496 e. The van der Waals surface area contributed by atoms with Crippen molar-refractivity contribution in [2.75, 3.05) is 7.11 Å². The maximum Gasteiger partial charge on any atom is 0.134 e. The highest BCUT2D eigenvalue weighted by molar-refractivity contribution is 5.71. The molecule has 2 rings (SSSR count). The molecule has 0 N–H and O–H groups in total. The monoisotopic (exact) mass is 216 g/mol. The summed E-state index contributed by atoms with van der Waals surface area (Å²) in [7, 11) is 1.55. The topological polar surface area (TPSA) is 9.23 Å². The van der Waals surface area contributed by atoms with E-state index in [9.17, 15) is 4.39 Å². The second kappa shape index (κ2) is 4.35. The number of aryl methyl sites for hydroxylation is 1. The van der Waals surface area contributed by atoms with Crippen LogP contribution in [0.25, 0.3) is 11.1 Å². The number of hydrogen-bond acceptors (Lipinski definition) is 1. The van der Waals surface area contributed by atoms with Crippen molar-refractivity contribution in [1.82, 2.24) is 0 Å². The SMILES string of the molecule is COc1cccc(F)c1-c1cccc(C)c1. The van der Waals surface area contributed by atoms with Crippen molar-refractivity contribution >= 4 is 0 Å². The Balaban J connectivity index is 2.63. The van der Waals surface area contributed by atoms with Gasteiger partial charge in [0.2, 0.25) is 0 Å². The van der Waals surface area contributed by atoms with Crippen molar-refractivity contribution in [3.05, 3.63) is 53.8 Å². The molecule has 2 aromatic rings. The van der Waals surface area contributed by atoms with Gasteiger partial charge in [-0.1, -0.05) is 35.9 Å². The summed E-state index contributed by atoms with van der Waals surface area (Å²) in [5.41, 5.74) is 2.46. The van der Waals surface area contributed by atoms with Gasteiger partial charge < -0.3 is 4.74 Å². The van der Waals surface area contributed by atoms with E-state index < -0.39 is 0 Å². The van der Waals surface area contributed by atoms with Crippen molar-refractivity contribution < 1.29 is 9.13 Å². The molecule has 0 radical (unpaired) electrons. The molecule has 0 saturated heterocycles. The minimum absolute atomic E-state index is 0.259. The first kappa shape index (κ1) is 10.7. The third-order valence-electron chi connectivity index (χ3n) is 2.50. The summed E-state index contributed by atoms with van der Waals surface area (Å²) in [6, 6.07) is 12.6. The predicted octanol–water partition coefficient (Wildman–Crippen LogP) is 3.81. The van der Waals surface area contributed by atoms with Crippen LogP contribution >= 0.6 is 0 Å². The molecule has 2 aromatic carbocycles. The summed E-state index contributed by atoms with van der Waals surface area (Å²) in [6.45, 7) is 1.98. The lowest BCUT2D eigenvalue weighted by molar-refractivity contribution is 0.413. The highest BCUT2D eigenvalue weighted by Gasteiger charge is 2.10. The van der Waals surface area contributed by atoms with Crippen LogP contribution in [0.5, 0.6) is 5.75 Å². The zero-order valence-electron chi connectivity index (χ0n) is 9.33. The van der Waals surface area contributed by atoms with E-state index in [1.807, 2.05) is 31.2 Å². The molecular weight excluding hydrogens is 203 g/mol. The lowest BCUT2D eigenvalue weighted by Crippen LogP contribution is -1.91. The highest BCUT2D eigenvalue weighted by Crippen LogP contribution is 2.32. The lowest BCUT2D eigenvalue weighted by atomic mass is 10.0. The van der Waals surface area contributed by atoms with E-state index in [1.165, 1.54) is 6.07 Å². The van der Waals surface area contributed by atoms with Gasteiger partial charge in [-0.25, -0.2) is 4.39 Å². The molecule has 2 heteroatoms. The molecule has 0 aromatic heterocycles. The summed E-state index contributed by atoms with van der Waals surface area (Å²) in [5, 5.41) is 0. The zero-order chi connectivity index (χ0) is 11.5. The van der Waals surface area contributed by atoms with Crippen LogP contribution in [0.1, 0.15) is 5.56 Å². The fourth-order valence-electron chi connectivity index (χ4n) is 1.76. The summed E-state index contributed by atoms with van der Waals surface area (Å²) in [6.07, 6.45) is 0. The fourth-order valence-corrected chi connectivity index (χ4v) is 1.76. The molecule has 1 nitrogen and oxygen atoms in total. The standard InChI is InChI=1S/C14H13FO/c1-10-5-3-6-11(9-10)14-12(15)7-4-8-13(14)16-2/h3-9H,1-2H3. The van der Waals surface area contributed by atoms with Crippen LogP contribution in [0, 0.1) is 12.7 Å². The van der Waals surface area contributed by atoms with Crippen molar-refractivity contribution in [3.8, 4) is 16.9 Å². The number of methoxy groups -OCH3 is 1. The average Bonchev–Trinajstić information content (AvgIpc) is 2.28. The number of benzene rings is 2. The summed E-state index contributed by atoms with van der Waals surface area (Å²) < 4.78 is 19.0. The smallest absolute Gasteiger partial charge is 0.134 e. The van der Waals surface area contributed by atoms with Gasteiger partial charge in [-0.05, 0) is 24.6 Å². The molecule has 0 aliphatic heterocycles. The van der Waals surface area contributed by atoms with Crippen molar-refractivity contribution in [1.29, 1.82) is 0 Å². The minimum atomic E-state index is -0.259. The Morgan fingerprint density at radius 1 is 1.06 bits per heavy atom. The van der Waals surface area contributed by atoms with Gasteiger partial charge in [0.1, 0.15) is 11.6 Å². The molecule has 0 spiro atoms. The number of rotatable bonds is 2. The van der Waals surface area contributed by atoms with Crippen molar-refractivity contribution in [2.24, 2.45) is 0 Å². The van der Waals surface area contributed by atoms with Crippen LogP contribution in [0.3, 0.4) is 0 Å². The van der Waals surface area contributed by atoms with Crippen molar-refractivity contribution in [3.63, 3.8) is 0 Å². The van der Waals surface area contributed by atoms with Gasteiger partial charge in [0.05, 0.1) is 12.7 Å². The van der Waals surface area contributed by atoms with Crippen LogP contribution < -0.4 is 4.74 Å². The maximum atomic E-state index is 13.8. The zero-order valence-corrected chi connectivity index (χ0v) is 9.33. The van der Waals surface area contributed by atoms with Gasteiger partial charge in [0, 0.05) is 0 Å². The maximum absolute atomic E-state index is 13.8. The molecule has 0 aliphatic carbocycles. The number of halogens is 1. The Kier molecular flexibility index (Phi) is 2.91. The Labute approximate surface area is 94.5 Å². The van der Waals surface area contributed by atoms with E-state index in [2.05, 4.69) is 0 Å². The predicted molar refractivity (Wildman–Crippen MR) is 63.1 cm³/mol. The Morgan fingerprint density at radius 3 is 2.50 bits per heavy atom. The van der Waals surface area contributed by atoms with Crippen LogP contribution in [0.2, 0.25) is 0 Å². The van der Waals surface area contributed by atoms with E-state index in [0.717, 1.165) is 11.1 Å². The molecule has 0 atom stereocenters. The van der Waals surface area contributed by atoms with Gasteiger partial charge in [0.25, 0.3) is 0 Å². The van der Waals surface area contributed by atoms with E-state index in [0.29, 0.717) is 11.3 Å².